The average Bonchev–Trinajstić information content (AvgIpc) is 2.24. The molecule has 98 valence electrons. The van der Waals surface area contributed by atoms with Crippen molar-refractivity contribution in [2.45, 2.75) is 33.2 Å². The second kappa shape index (κ2) is 5.71. The van der Waals surface area contributed by atoms with Gasteiger partial charge in [-0.05, 0) is 51.5 Å². The molecule has 3 heteroatoms. The Labute approximate surface area is 109 Å². The highest BCUT2D eigenvalue weighted by molar-refractivity contribution is 5.95. The molecule has 0 bridgehead atoms. The highest BCUT2D eigenvalue weighted by Crippen LogP contribution is 2.15. The molecule has 0 spiro atoms. The Bertz CT molecular complexity index is 444. The fraction of sp³-hybridized carbons (Fsp3) is 0.400. The van der Waals surface area contributed by atoms with E-state index in [4.69, 9.17) is 4.74 Å². The summed E-state index contributed by atoms with van der Waals surface area (Å²) in [4.78, 5) is 12.0. The first kappa shape index (κ1) is 14.3. The Morgan fingerprint density at radius 3 is 2.61 bits per heavy atom. The molecule has 0 fully saturated rings. The summed E-state index contributed by atoms with van der Waals surface area (Å²) in [6.07, 6.45) is 0. The fourth-order valence-electron chi connectivity index (χ4n) is 1.35. The number of ether oxygens (including phenoxy) is 1. The molecule has 0 aliphatic rings. The van der Waals surface area contributed by atoms with Crippen molar-refractivity contribution in [3.05, 3.63) is 42.0 Å². The zero-order chi connectivity index (χ0) is 13.8. The lowest BCUT2D eigenvalue weighted by molar-refractivity contribution is 0.0919. The second-order valence-electron chi connectivity index (χ2n) is 5.48. The zero-order valence-electron chi connectivity index (χ0n) is 11.5. The third-order valence-corrected chi connectivity index (χ3v) is 2.07. The van der Waals surface area contributed by atoms with Crippen molar-refractivity contribution in [1.82, 2.24) is 5.32 Å². The van der Waals surface area contributed by atoms with Crippen molar-refractivity contribution in [3.8, 4) is 5.75 Å². The van der Waals surface area contributed by atoms with E-state index >= 15 is 0 Å². The molecule has 18 heavy (non-hydrogen) atoms. The van der Waals surface area contributed by atoms with Gasteiger partial charge in [0.05, 0.1) is 0 Å². The third-order valence-electron chi connectivity index (χ3n) is 2.07. The molecule has 0 saturated carbocycles. The second-order valence-corrected chi connectivity index (χ2v) is 5.48. The van der Waals surface area contributed by atoms with Gasteiger partial charge in [0, 0.05) is 11.1 Å². The summed E-state index contributed by atoms with van der Waals surface area (Å²) in [7, 11) is 0. The number of carbonyl (C=O) groups is 1. The van der Waals surface area contributed by atoms with Gasteiger partial charge in [0.15, 0.2) is 0 Å². The first-order valence-electron chi connectivity index (χ1n) is 5.98. The van der Waals surface area contributed by atoms with Crippen molar-refractivity contribution >= 4 is 5.91 Å². The van der Waals surface area contributed by atoms with E-state index < -0.39 is 0 Å². The predicted octanol–water partition coefficient (Wildman–Crippen LogP) is 3.17. The summed E-state index contributed by atoms with van der Waals surface area (Å²) in [5, 5.41) is 2.92. The minimum absolute atomic E-state index is 0.0942. The molecule has 1 aromatic rings. The normalized spacial score (nSPS) is 10.9. The summed E-state index contributed by atoms with van der Waals surface area (Å²) in [6, 6.07) is 7.15. The Morgan fingerprint density at radius 2 is 2.06 bits per heavy atom. The lowest BCUT2D eigenvalue weighted by atomic mass is 10.1. The summed E-state index contributed by atoms with van der Waals surface area (Å²) in [6.45, 7) is 12.0. The van der Waals surface area contributed by atoms with Crippen LogP contribution in [0.5, 0.6) is 5.75 Å². The molecule has 0 aromatic heterocycles. The van der Waals surface area contributed by atoms with Gasteiger partial charge in [0.1, 0.15) is 12.4 Å². The first-order chi connectivity index (χ1) is 8.28. The van der Waals surface area contributed by atoms with Crippen LogP contribution in [0.15, 0.2) is 36.4 Å². The van der Waals surface area contributed by atoms with Crippen molar-refractivity contribution in [2.75, 3.05) is 6.61 Å². The molecule has 3 nitrogen and oxygen atoms in total. The number of carbonyl (C=O) groups excluding carboxylic acids is 1. The SMILES string of the molecule is C=C(C)COc1cccc(C(=O)NC(C)(C)C)c1. The number of benzene rings is 1. The Kier molecular flexibility index (Phi) is 4.54. The van der Waals surface area contributed by atoms with Crippen LogP contribution in [-0.2, 0) is 0 Å². The molecule has 0 unspecified atom stereocenters. The van der Waals surface area contributed by atoms with E-state index in [1.807, 2.05) is 39.8 Å². The molecule has 0 saturated heterocycles. The molecule has 0 aliphatic carbocycles. The van der Waals surface area contributed by atoms with E-state index in [1.54, 1.807) is 12.1 Å². The maximum Gasteiger partial charge on any atom is 0.251 e. The van der Waals surface area contributed by atoms with Gasteiger partial charge in [-0.15, -0.1) is 0 Å². The van der Waals surface area contributed by atoms with Gasteiger partial charge >= 0.3 is 0 Å². The van der Waals surface area contributed by atoms with Gasteiger partial charge in [-0.25, -0.2) is 0 Å². The van der Waals surface area contributed by atoms with Crippen LogP contribution in [0.25, 0.3) is 0 Å². The van der Waals surface area contributed by atoms with Crippen molar-refractivity contribution < 1.29 is 9.53 Å². The van der Waals surface area contributed by atoms with Crippen LogP contribution in [0.4, 0.5) is 0 Å². The first-order valence-corrected chi connectivity index (χ1v) is 5.98. The van der Waals surface area contributed by atoms with E-state index in [2.05, 4.69) is 11.9 Å². The van der Waals surface area contributed by atoms with Gasteiger partial charge in [-0.1, -0.05) is 12.6 Å². The van der Waals surface area contributed by atoms with Crippen LogP contribution in [-0.4, -0.2) is 18.1 Å². The highest BCUT2D eigenvalue weighted by atomic mass is 16.5. The maximum atomic E-state index is 12.0. The number of hydrogen-bond donors (Lipinski definition) is 1. The predicted molar refractivity (Wildman–Crippen MR) is 74.0 cm³/mol. The Hall–Kier alpha value is -1.77. The average molecular weight is 247 g/mol. The van der Waals surface area contributed by atoms with Crippen molar-refractivity contribution in [3.63, 3.8) is 0 Å². The number of nitrogens with one attached hydrogen (secondary N) is 1. The van der Waals surface area contributed by atoms with Gasteiger partial charge in [-0.2, -0.15) is 0 Å². The van der Waals surface area contributed by atoms with Crippen LogP contribution in [0.3, 0.4) is 0 Å². The molecular weight excluding hydrogens is 226 g/mol. The minimum Gasteiger partial charge on any atom is -0.489 e. The molecule has 1 aromatic carbocycles. The van der Waals surface area contributed by atoms with Crippen LogP contribution in [0.2, 0.25) is 0 Å². The minimum atomic E-state index is -0.244. The van der Waals surface area contributed by atoms with Crippen LogP contribution in [0.1, 0.15) is 38.1 Å². The molecule has 0 heterocycles. The van der Waals surface area contributed by atoms with E-state index in [-0.39, 0.29) is 11.4 Å². The molecule has 0 aliphatic heterocycles. The van der Waals surface area contributed by atoms with Gasteiger partial charge < -0.3 is 10.1 Å². The molecule has 0 atom stereocenters. The van der Waals surface area contributed by atoms with Crippen molar-refractivity contribution in [2.24, 2.45) is 0 Å². The van der Waals surface area contributed by atoms with Gasteiger partial charge in [0.25, 0.3) is 5.91 Å². The third kappa shape index (κ3) is 5.04. The number of rotatable bonds is 4. The van der Waals surface area contributed by atoms with E-state index in [1.165, 1.54) is 0 Å². The lowest BCUT2D eigenvalue weighted by Gasteiger charge is -2.20. The van der Waals surface area contributed by atoms with Crippen LogP contribution >= 0.6 is 0 Å². The molecule has 1 N–H and O–H groups in total. The lowest BCUT2D eigenvalue weighted by Crippen LogP contribution is -2.40. The van der Waals surface area contributed by atoms with E-state index in [0.717, 1.165) is 5.57 Å². The summed E-state index contributed by atoms with van der Waals surface area (Å²) >= 11 is 0. The summed E-state index contributed by atoms with van der Waals surface area (Å²) in [5.41, 5.74) is 1.30. The summed E-state index contributed by atoms with van der Waals surface area (Å²) < 4.78 is 5.51. The monoisotopic (exact) mass is 247 g/mol. The quantitative estimate of drug-likeness (QED) is 0.830. The Morgan fingerprint density at radius 1 is 1.39 bits per heavy atom. The smallest absolute Gasteiger partial charge is 0.251 e. The molecule has 1 rings (SSSR count). The number of amides is 1. The molecule has 0 radical (unpaired) electrons. The van der Waals surface area contributed by atoms with Crippen LogP contribution in [0, 0.1) is 0 Å². The largest absolute Gasteiger partial charge is 0.489 e. The maximum absolute atomic E-state index is 12.0. The standard InChI is InChI=1S/C15H21NO2/c1-11(2)10-18-13-8-6-7-12(9-13)14(17)16-15(3,4)5/h6-9H,1,10H2,2-5H3,(H,16,17). The molecular formula is C15H21NO2. The fourth-order valence-corrected chi connectivity index (χ4v) is 1.35. The van der Waals surface area contributed by atoms with E-state index in [9.17, 15) is 4.79 Å². The number of hydrogen-bond acceptors (Lipinski definition) is 2. The topological polar surface area (TPSA) is 38.3 Å². The van der Waals surface area contributed by atoms with Gasteiger partial charge in [-0.3, -0.25) is 4.79 Å². The zero-order valence-corrected chi connectivity index (χ0v) is 11.5. The highest BCUT2D eigenvalue weighted by Gasteiger charge is 2.15. The van der Waals surface area contributed by atoms with Crippen molar-refractivity contribution in [1.29, 1.82) is 0 Å². The van der Waals surface area contributed by atoms with E-state index in [0.29, 0.717) is 17.9 Å². The molecule has 1 amide bonds. The van der Waals surface area contributed by atoms with Crippen LogP contribution < -0.4 is 10.1 Å². The van der Waals surface area contributed by atoms with Gasteiger partial charge in [0.2, 0.25) is 0 Å². The Balaban J connectivity index is 2.75. The summed E-state index contributed by atoms with van der Waals surface area (Å²) in [5.74, 6) is 0.586.